The third-order valence-electron chi connectivity index (χ3n) is 5.37. The van der Waals surface area contributed by atoms with Gasteiger partial charge < -0.3 is 9.29 Å². The largest absolute Gasteiger partial charge is 0.598 e. The molecular weight excluding hydrogens is 399 g/mol. The Morgan fingerprint density at radius 1 is 1.39 bits per heavy atom. The molecule has 2 N–H and O–H groups in total. The van der Waals surface area contributed by atoms with E-state index < -0.39 is 16.1 Å². The van der Waals surface area contributed by atoms with Crippen LogP contribution in [0.2, 0.25) is 5.02 Å². The summed E-state index contributed by atoms with van der Waals surface area (Å²) in [6.07, 6.45) is 3.58. The Morgan fingerprint density at radius 3 is 2.64 bits per heavy atom. The number of hydrogen-bond donors (Lipinski definition) is 1. The van der Waals surface area contributed by atoms with E-state index in [0.717, 1.165) is 29.7 Å². The third kappa shape index (κ3) is 4.21. The Kier molecular flexibility index (Phi) is 6.37. The molecule has 2 heterocycles. The molecule has 2 aromatic rings. The van der Waals surface area contributed by atoms with E-state index in [-0.39, 0.29) is 11.7 Å². The minimum atomic E-state index is -1.56. The molecule has 1 saturated heterocycles. The van der Waals surface area contributed by atoms with E-state index in [2.05, 4.69) is 0 Å². The van der Waals surface area contributed by atoms with Crippen molar-refractivity contribution in [3.63, 3.8) is 0 Å². The number of halogens is 2. The van der Waals surface area contributed by atoms with Crippen LogP contribution in [0, 0.1) is 12.7 Å². The van der Waals surface area contributed by atoms with Gasteiger partial charge >= 0.3 is 0 Å². The number of aromatic nitrogens is 1. The maximum absolute atomic E-state index is 14.4. The maximum atomic E-state index is 14.4. The molecular formula is C21H26ClFN2O2S. The Balaban J connectivity index is 2.23. The van der Waals surface area contributed by atoms with E-state index in [1.165, 1.54) is 12.1 Å². The molecule has 0 amide bonds. The zero-order valence-corrected chi connectivity index (χ0v) is 18.2. The number of benzene rings is 1. The fourth-order valence-electron chi connectivity index (χ4n) is 3.73. The van der Waals surface area contributed by atoms with Crippen molar-refractivity contribution in [3.8, 4) is 0 Å². The van der Waals surface area contributed by atoms with Crippen molar-refractivity contribution in [2.75, 3.05) is 13.2 Å². The van der Waals surface area contributed by atoms with E-state index in [9.17, 15) is 8.94 Å². The summed E-state index contributed by atoms with van der Waals surface area (Å²) in [5.74, 6) is -0.116. The molecule has 0 aliphatic carbocycles. The van der Waals surface area contributed by atoms with Crippen molar-refractivity contribution < 1.29 is 13.7 Å². The summed E-state index contributed by atoms with van der Waals surface area (Å²) in [7, 11) is 0. The van der Waals surface area contributed by atoms with Gasteiger partial charge in [0.25, 0.3) is 0 Å². The average molecular weight is 425 g/mol. The molecule has 1 atom stereocenters. The van der Waals surface area contributed by atoms with Gasteiger partial charge in [0.05, 0.1) is 10.5 Å². The fourth-order valence-corrected chi connectivity index (χ4v) is 4.27. The molecule has 7 heteroatoms. The highest BCUT2D eigenvalue weighted by Crippen LogP contribution is 2.38. The lowest BCUT2D eigenvalue weighted by Crippen LogP contribution is -2.36. The second-order valence-electron chi connectivity index (χ2n) is 7.90. The van der Waals surface area contributed by atoms with E-state index in [0.29, 0.717) is 34.7 Å². The highest BCUT2D eigenvalue weighted by Gasteiger charge is 2.28. The summed E-state index contributed by atoms with van der Waals surface area (Å²) in [5.41, 5.74) is 3.90. The van der Waals surface area contributed by atoms with Crippen LogP contribution in [0.1, 0.15) is 56.4 Å². The van der Waals surface area contributed by atoms with Gasteiger partial charge in [0, 0.05) is 47.1 Å². The predicted molar refractivity (Wildman–Crippen MR) is 114 cm³/mol. The molecule has 28 heavy (non-hydrogen) atoms. The number of rotatable bonds is 4. The SMILES string of the molecule is CC(=CC(C)(C)[S+](N)[O-])c1cc(F)cc2c(Cl)c(C)c(C3CCOCC3)nc12. The van der Waals surface area contributed by atoms with Crippen molar-refractivity contribution in [2.24, 2.45) is 5.14 Å². The van der Waals surface area contributed by atoms with Crippen LogP contribution < -0.4 is 5.14 Å². The number of nitrogens with zero attached hydrogens (tertiary/aromatic N) is 1. The van der Waals surface area contributed by atoms with E-state index in [1.54, 1.807) is 19.9 Å². The molecule has 0 bridgehead atoms. The minimum absolute atomic E-state index is 0.269. The zero-order chi connectivity index (χ0) is 20.6. The normalized spacial score (nSPS) is 17.9. The van der Waals surface area contributed by atoms with Crippen LogP contribution in [0.3, 0.4) is 0 Å². The molecule has 1 aliphatic heterocycles. The number of pyridine rings is 1. The molecule has 1 unspecified atom stereocenters. The van der Waals surface area contributed by atoms with Gasteiger partial charge in [0.2, 0.25) is 0 Å². The first-order valence-corrected chi connectivity index (χ1v) is 10.9. The summed E-state index contributed by atoms with van der Waals surface area (Å²) >= 11 is 5.10. The van der Waals surface area contributed by atoms with Crippen molar-refractivity contribution >= 4 is 39.4 Å². The second-order valence-corrected chi connectivity index (χ2v) is 9.93. The van der Waals surface area contributed by atoms with Crippen LogP contribution in [-0.4, -0.2) is 27.5 Å². The highest BCUT2D eigenvalue weighted by molar-refractivity contribution is 7.90. The first kappa shape index (κ1) is 21.5. The van der Waals surface area contributed by atoms with Gasteiger partial charge in [-0.15, -0.1) is 0 Å². The van der Waals surface area contributed by atoms with Crippen LogP contribution in [0.4, 0.5) is 4.39 Å². The molecule has 1 aromatic carbocycles. The second kappa shape index (κ2) is 8.28. The highest BCUT2D eigenvalue weighted by atomic mass is 35.5. The molecule has 0 saturated carbocycles. The Morgan fingerprint density at radius 2 is 2.04 bits per heavy atom. The number of nitrogens with two attached hydrogens (primary N) is 1. The summed E-state index contributed by atoms with van der Waals surface area (Å²) in [6, 6.07) is 2.88. The summed E-state index contributed by atoms with van der Waals surface area (Å²) in [5, 5.41) is 6.73. The molecule has 0 spiro atoms. The quantitative estimate of drug-likeness (QED) is 0.698. The molecule has 152 valence electrons. The lowest BCUT2D eigenvalue weighted by Gasteiger charge is -2.25. The van der Waals surface area contributed by atoms with E-state index in [4.69, 9.17) is 26.5 Å². The predicted octanol–water partition coefficient (Wildman–Crippen LogP) is 5.03. The molecule has 3 rings (SSSR count). The summed E-state index contributed by atoms with van der Waals surface area (Å²) in [6.45, 7) is 8.76. The van der Waals surface area contributed by atoms with Crippen LogP contribution in [-0.2, 0) is 16.1 Å². The van der Waals surface area contributed by atoms with Crippen molar-refractivity contribution in [1.29, 1.82) is 0 Å². The topological polar surface area (TPSA) is 71.2 Å². The smallest absolute Gasteiger partial charge is 0.157 e. The standard InChI is InChI=1S/C21H26ClFN2O2S/c1-12(11-21(3,4)28(24)26)16-9-15(23)10-17-18(22)13(2)19(25-20(16)17)14-5-7-27-8-6-14/h9-11,14H,5-8,24H2,1-4H3. The van der Waals surface area contributed by atoms with Crippen molar-refractivity contribution in [1.82, 2.24) is 4.98 Å². The Labute approximate surface area is 173 Å². The van der Waals surface area contributed by atoms with E-state index >= 15 is 0 Å². The molecule has 4 nitrogen and oxygen atoms in total. The lowest BCUT2D eigenvalue weighted by molar-refractivity contribution is 0.0844. The fraction of sp³-hybridized carbons (Fsp3) is 0.476. The average Bonchev–Trinajstić information content (AvgIpc) is 2.64. The van der Waals surface area contributed by atoms with Crippen molar-refractivity contribution in [2.45, 2.75) is 51.2 Å². The van der Waals surface area contributed by atoms with Crippen LogP contribution in [0.25, 0.3) is 16.5 Å². The first-order chi connectivity index (χ1) is 13.1. The summed E-state index contributed by atoms with van der Waals surface area (Å²) in [4.78, 5) is 4.94. The summed E-state index contributed by atoms with van der Waals surface area (Å²) < 4.78 is 31.0. The maximum Gasteiger partial charge on any atom is 0.157 e. The van der Waals surface area contributed by atoms with E-state index in [1.807, 2.05) is 13.8 Å². The van der Waals surface area contributed by atoms with Gasteiger partial charge in [-0.25, -0.2) is 4.39 Å². The number of allylic oxidation sites excluding steroid dienone is 1. The van der Waals surface area contributed by atoms with Crippen molar-refractivity contribution in [3.05, 3.63) is 45.9 Å². The number of hydrogen-bond acceptors (Lipinski definition) is 4. The first-order valence-electron chi connectivity index (χ1n) is 9.35. The Hall–Kier alpha value is -1.18. The van der Waals surface area contributed by atoms with Gasteiger partial charge in [0.15, 0.2) is 4.75 Å². The van der Waals surface area contributed by atoms with Gasteiger partial charge in [-0.1, -0.05) is 11.6 Å². The van der Waals surface area contributed by atoms with Crippen LogP contribution >= 0.6 is 11.6 Å². The van der Waals surface area contributed by atoms with Gasteiger partial charge in [0.1, 0.15) is 5.82 Å². The minimum Gasteiger partial charge on any atom is -0.598 e. The lowest BCUT2D eigenvalue weighted by atomic mass is 9.91. The van der Waals surface area contributed by atoms with Gasteiger partial charge in [-0.2, -0.15) is 5.14 Å². The third-order valence-corrected chi connectivity index (χ3v) is 7.01. The molecule has 1 aromatic heterocycles. The number of fused-ring (bicyclic) bond motifs is 1. The zero-order valence-electron chi connectivity index (χ0n) is 16.6. The monoisotopic (exact) mass is 424 g/mol. The number of ether oxygens (including phenoxy) is 1. The van der Waals surface area contributed by atoms with Gasteiger partial charge in [-0.05, 0) is 69.9 Å². The molecule has 1 aliphatic rings. The molecule has 1 fully saturated rings. The molecule has 0 radical (unpaired) electrons. The van der Waals surface area contributed by atoms with Crippen LogP contribution in [0.5, 0.6) is 0 Å². The Bertz CT molecular complexity index is 924. The van der Waals surface area contributed by atoms with Gasteiger partial charge in [-0.3, -0.25) is 4.98 Å². The van der Waals surface area contributed by atoms with Crippen LogP contribution in [0.15, 0.2) is 18.2 Å².